The fraction of sp³-hybridized carbons (Fsp3) is 0.222. The molecule has 152 valence electrons. The van der Waals surface area contributed by atoms with E-state index in [1.165, 1.54) is 38.5 Å². The van der Waals surface area contributed by atoms with Gasteiger partial charge in [-0.05, 0) is 68.3 Å². The van der Waals surface area contributed by atoms with Gasteiger partial charge in [-0.1, -0.05) is 0 Å². The zero-order valence-corrected chi connectivity index (χ0v) is 18.2. The first-order valence-electron chi connectivity index (χ1n) is 7.59. The molecule has 0 radical (unpaired) electrons. The molecule has 10 heteroatoms. The van der Waals surface area contributed by atoms with E-state index in [-0.39, 0.29) is 24.7 Å². The molecule has 0 aliphatic heterocycles. The van der Waals surface area contributed by atoms with Crippen molar-refractivity contribution < 1.29 is 38.7 Å². The molecule has 2 aromatic carbocycles. The van der Waals surface area contributed by atoms with Crippen LogP contribution in [0.15, 0.2) is 45.3 Å². The molecule has 0 aromatic heterocycles. The number of carboxylic acid groups (broad SMARTS) is 2. The Morgan fingerprint density at radius 1 is 0.786 bits per heavy atom. The van der Waals surface area contributed by atoms with Gasteiger partial charge in [0.05, 0.1) is 20.1 Å². The van der Waals surface area contributed by atoms with Gasteiger partial charge in [0, 0.05) is 14.2 Å². The number of hydrogen-bond acceptors (Lipinski definition) is 6. The summed E-state index contributed by atoms with van der Waals surface area (Å²) in [5, 5.41) is 17.4. The van der Waals surface area contributed by atoms with E-state index in [1.807, 2.05) is 0 Å². The lowest BCUT2D eigenvalue weighted by molar-refractivity contribution is 0.0501. The number of benzene rings is 2. The highest BCUT2D eigenvalue weighted by molar-refractivity contribution is 9.10. The number of methoxy groups -OCH3 is 2. The maximum absolute atomic E-state index is 10.6. The first-order chi connectivity index (χ1) is 13.3. The molecule has 2 N–H and O–H groups in total. The highest BCUT2D eigenvalue weighted by Gasteiger charge is 2.08. The second-order valence-electron chi connectivity index (χ2n) is 5.00. The number of carboxylic acids is 2. The summed E-state index contributed by atoms with van der Waals surface area (Å²) in [7, 11) is 2.99. The Balaban J connectivity index is 0.000000280. The van der Waals surface area contributed by atoms with Gasteiger partial charge in [-0.2, -0.15) is 0 Å². The second-order valence-corrected chi connectivity index (χ2v) is 6.71. The van der Waals surface area contributed by atoms with Crippen LogP contribution in [0.5, 0.6) is 11.5 Å². The zero-order chi connectivity index (χ0) is 21.1. The molecular formula is C18H18Br2O8. The highest BCUT2D eigenvalue weighted by atomic mass is 79.9. The maximum Gasteiger partial charge on any atom is 0.335 e. The molecule has 8 nitrogen and oxygen atoms in total. The van der Waals surface area contributed by atoms with E-state index < -0.39 is 11.9 Å². The first-order valence-corrected chi connectivity index (χ1v) is 9.17. The molecular weight excluding hydrogens is 504 g/mol. The molecule has 0 amide bonds. The van der Waals surface area contributed by atoms with Gasteiger partial charge in [-0.15, -0.1) is 0 Å². The molecule has 0 fully saturated rings. The first kappa shape index (κ1) is 23.9. The SMILES string of the molecule is COCOc1cc(C(=O)O)ccc1Br.COCOc1cc(C(=O)O)ccc1Br. The van der Waals surface area contributed by atoms with Crippen molar-refractivity contribution in [3.05, 3.63) is 56.5 Å². The Kier molecular flexibility index (Phi) is 10.5. The van der Waals surface area contributed by atoms with Gasteiger partial charge in [0.2, 0.25) is 0 Å². The molecule has 0 atom stereocenters. The summed E-state index contributed by atoms with van der Waals surface area (Å²) in [6.07, 6.45) is 0. The van der Waals surface area contributed by atoms with Gasteiger partial charge in [0.25, 0.3) is 0 Å². The summed E-state index contributed by atoms with van der Waals surface area (Å²) in [4.78, 5) is 21.3. The van der Waals surface area contributed by atoms with Crippen molar-refractivity contribution in [2.45, 2.75) is 0 Å². The molecule has 0 aliphatic rings. The van der Waals surface area contributed by atoms with E-state index in [1.54, 1.807) is 12.1 Å². The van der Waals surface area contributed by atoms with Crippen molar-refractivity contribution in [3.8, 4) is 11.5 Å². The average Bonchev–Trinajstić information content (AvgIpc) is 2.66. The van der Waals surface area contributed by atoms with Crippen LogP contribution >= 0.6 is 31.9 Å². The Morgan fingerprint density at radius 3 is 1.43 bits per heavy atom. The molecule has 2 rings (SSSR count). The average molecular weight is 522 g/mol. The number of hydrogen-bond donors (Lipinski definition) is 2. The topological polar surface area (TPSA) is 112 Å². The van der Waals surface area contributed by atoms with E-state index in [0.717, 1.165) is 0 Å². The predicted molar refractivity (Wildman–Crippen MR) is 107 cm³/mol. The summed E-state index contributed by atoms with van der Waals surface area (Å²) in [6, 6.07) is 9.10. The van der Waals surface area contributed by atoms with Gasteiger partial charge < -0.3 is 29.2 Å². The van der Waals surface area contributed by atoms with Crippen LogP contribution in [0.4, 0.5) is 0 Å². The molecule has 28 heavy (non-hydrogen) atoms. The number of halogens is 2. The molecule has 0 bridgehead atoms. The lowest BCUT2D eigenvalue weighted by Crippen LogP contribution is -2.02. The second kappa shape index (κ2) is 12.3. The van der Waals surface area contributed by atoms with Crippen LogP contribution in [0.2, 0.25) is 0 Å². The minimum atomic E-state index is -0.986. The summed E-state index contributed by atoms with van der Waals surface area (Å²) in [5.74, 6) is -1.07. The van der Waals surface area contributed by atoms with E-state index in [4.69, 9.17) is 29.2 Å². The van der Waals surface area contributed by atoms with Crippen LogP contribution in [0.25, 0.3) is 0 Å². The smallest absolute Gasteiger partial charge is 0.335 e. The quantitative estimate of drug-likeness (QED) is 0.495. The maximum atomic E-state index is 10.6. The summed E-state index contributed by atoms with van der Waals surface area (Å²) >= 11 is 6.47. The Bertz CT molecular complexity index is 743. The lowest BCUT2D eigenvalue weighted by Gasteiger charge is -2.07. The minimum Gasteiger partial charge on any atom is -0.478 e. The van der Waals surface area contributed by atoms with Crippen LogP contribution in [0.3, 0.4) is 0 Å². The van der Waals surface area contributed by atoms with E-state index in [2.05, 4.69) is 31.9 Å². The Labute approximate surface area is 178 Å². The van der Waals surface area contributed by atoms with Crippen LogP contribution in [0.1, 0.15) is 20.7 Å². The predicted octanol–water partition coefficient (Wildman–Crippen LogP) is 4.26. The number of ether oxygens (including phenoxy) is 4. The number of carbonyl (C=O) groups is 2. The normalized spacial score (nSPS) is 9.86. The van der Waals surface area contributed by atoms with Crippen LogP contribution in [0, 0.1) is 0 Å². The van der Waals surface area contributed by atoms with Crippen molar-refractivity contribution in [3.63, 3.8) is 0 Å². The van der Waals surface area contributed by atoms with Gasteiger partial charge in [0.1, 0.15) is 11.5 Å². The largest absolute Gasteiger partial charge is 0.478 e. The Hall–Kier alpha value is -2.14. The lowest BCUT2D eigenvalue weighted by atomic mass is 10.2. The monoisotopic (exact) mass is 520 g/mol. The molecule has 0 spiro atoms. The van der Waals surface area contributed by atoms with Crippen molar-refractivity contribution in [2.24, 2.45) is 0 Å². The van der Waals surface area contributed by atoms with Crippen LogP contribution in [-0.2, 0) is 9.47 Å². The van der Waals surface area contributed by atoms with Crippen molar-refractivity contribution >= 4 is 43.8 Å². The van der Waals surface area contributed by atoms with Crippen molar-refractivity contribution in [1.29, 1.82) is 0 Å². The molecule has 0 saturated carbocycles. The highest BCUT2D eigenvalue weighted by Crippen LogP contribution is 2.26. The van der Waals surface area contributed by atoms with Gasteiger partial charge in [0.15, 0.2) is 13.6 Å². The molecule has 2 aromatic rings. The van der Waals surface area contributed by atoms with Crippen LogP contribution in [-0.4, -0.2) is 50.0 Å². The summed E-state index contributed by atoms with van der Waals surface area (Å²) in [5.41, 5.74) is 0.360. The molecule has 0 unspecified atom stereocenters. The number of rotatable bonds is 8. The number of aromatic carboxylic acids is 2. The van der Waals surface area contributed by atoms with Crippen molar-refractivity contribution in [1.82, 2.24) is 0 Å². The molecule has 0 saturated heterocycles. The zero-order valence-electron chi connectivity index (χ0n) is 15.0. The van der Waals surface area contributed by atoms with Crippen molar-refractivity contribution in [2.75, 3.05) is 27.8 Å². The third-order valence-corrected chi connectivity index (χ3v) is 4.33. The molecule has 0 aliphatic carbocycles. The minimum absolute atomic E-state index is 0.0850. The van der Waals surface area contributed by atoms with Gasteiger partial charge >= 0.3 is 11.9 Å². The van der Waals surface area contributed by atoms with Gasteiger partial charge in [-0.25, -0.2) is 9.59 Å². The summed E-state index contributed by atoms with van der Waals surface area (Å²) in [6.45, 7) is 0.170. The summed E-state index contributed by atoms with van der Waals surface area (Å²) < 4.78 is 21.1. The standard InChI is InChI=1S/2C9H9BrO4/c2*1-13-5-14-8-4-6(9(11)12)2-3-7(8)10/h2*2-4H,5H2,1H3,(H,11,12). The third-order valence-electron chi connectivity index (χ3n) is 3.02. The fourth-order valence-corrected chi connectivity index (χ4v) is 2.46. The third kappa shape index (κ3) is 7.85. The fourth-order valence-electron chi connectivity index (χ4n) is 1.74. The molecule has 0 heterocycles. The van der Waals surface area contributed by atoms with Gasteiger partial charge in [-0.3, -0.25) is 0 Å². The van der Waals surface area contributed by atoms with E-state index >= 15 is 0 Å². The van der Waals surface area contributed by atoms with E-state index in [9.17, 15) is 9.59 Å². The van der Waals surface area contributed by atoms with Crippen LogP contribution < -0.4 is 9.47 Å². The van der Waals surface area contributed by atoms with E-state index in [0.29, 0.717) is 20.4 Å². The Morgan fingerprint density at radius 2 is 1.14 bits per heavy atom.